The average Bonchev–Trinajstić information content (AvgIpc) is 3.31. The van der Waals surface area contributed by atoms with Crippen LogP contribution >= 0.6 is 0 Å². The van der Waals surface area contributed by atoms with Gasteiger partial charge < -0.3 is 16.0 Å². The third-order valence-electron chi connectivity index (χ3n) is 6.08. The first-order valence-corrected chi connectivity index (χ1v) is 11.3. The van der Waals surface area contributed by atoms with Crippen molar-refractivity contribution < 1.29 is 0 Å². The van der Waals surface area contributed by atoms with Crippen molar-refractivity contribution in [3.63, 3.8) is 0 Å². The lowest BCUT2D eigenvalue weighted by molar-refractivity contribution is 0.693. The topological polar surface area (TPSA) is 66.7 Å². The van der Waals surface area contributed by atoms with Gasteiger partial charge in [-0.1, -0.05) is 84.9 Å². The molecule has 1 aromatic heterocycles. The van der Waals surface area contributed by atoms with Crippen LogP contribution in [0, 0.1) is 6.92 Å². The summed E-state index contributed by atoms with van der Waals surface area (Å²) in [7, 11) is 0. The van der Waals surface area contributed by atoms with Gasteiger partial charge in [0.1, 0.15) is 5.82 Å². The SMILES string of the molecule is Cc1cccc2[nH]c(-c3ccc(-c4ccc(CNCc5ccc(CN)cc5)cc4)cc3)nc12. The molecule has 5 rings (SSSR count). The first-order chi connectivity index (χ1) is 16.2. The van der Waals surface area contributed by atoms with Gasteiger partial charge in [-0.3, -0.25) is 0 Å². The molecule has 0 saturated carbocycles. The molecule has 5 aromatic rings. The van der Waals surface area contributed by atoms with Crippen LogP contribution in [-0.2, 0) is 19.6 Å². The number of rotatable bonds is 7. The van der Waals surface area contributed by atoms with E-state index in [1.165, 1.54) is 27.8 Å². The Balaban J connectivity index is 1.22. The van der Waals surface area contributed by atoms with E-state index in [0.29, 0.717) is 6.54 Å². The molecule has 0 fully saturated rings. The van der Waals surface area contributed by atoms with Crippen LogP contribution in [0.1, 0.15) is 22.3 Å². The molecule has 0 spiro atoms. The van der Waals surface area contributed by atoms with E-state index < -0.39 is 0 Å². The van der Waals surface area contributed by atoms with Crippen molar-refractivity contribution in [1.29, 1.82) is 0 Å². The van der Waals surface area contributed by atoms with Crippen molar-refractivity contribution in [2.75, 3.05) is 0 Å². The van der Waals surface area contributed by atoms with E-state index in [1.807, 2.05) is 0 Å². The molecule has 164 valence electrons. The van der Waals surface area contributed by atoms with Crippen molar-refractivity contribution in [2.24, 2.45) is 5.73 Å². The van der Waals surface area contributed by atoms with Crippen molar-refractivity contribution in [1.82, 2.24) is 15.3 Å². The number of hydrogen-bond donors (Lipinski definition) is 3. The molecule has 0 amide bonds. The number of benzene rings is 4. The number of hydrogen-bond acceptors (Lipinski definition) is 3. The van der Waals surface area contributed by atoms with Crippen LogP contribution < -0.4 is 11.1 Å². The van der Waals surface area contributed by atoms with E-state index in [-0.39, 0.29) is 0 Å². The summed E-state index contributed by atoms with van der Waals surface area (Å²) in [4.78, 5) is 8.22. The molecule has 4 heteroatoms. The number of aromatic nitrogens is 2. The fraction of sp³-hybridized carbons (Fsp3) is 0.138. The largest absolute Gasteiger partial charge is 0.338 e. The molecule has 4 N–H and O–H groups in total. The summed E-state index contributed by atoms with van der Waals surface area (Å²) in [5.41, 5.74) is 16.2. The Morgan fingerprint density at radius 2 is 1.24 bits per heavy atom. The summed E-state index contributed by atoms with van der Waals surface area (Å²) in [6.07, 6.45) is 0. The molecule has 0 aliphatic heterocycles. The van der Waals surface area contributed by atoms with Crippen LogP contribution in [0.25, 0.3) is 33.5 Å². The Bertz CT molecular complexity index is 1350. The maximum absolute atomic E-state index is 5.66. The second-order valence-electron chi connectivity index (χ2n) is 8.45. The molecule has 0 bridgehead atoms. The molecule has 0 unspecified atom stereocenters. The van der Waals surface area contributed by atoms with Gasteiger partial charge in [-0.25, -0.2) is 4.98 Å². The van der Waals surface area contributed by atoms with Crippen LogP contribution in [0.3, 0.4) is 0 Å². The number of fused-ring (bicyclic) bond motifs is 1. The zero-order valence-electron chi connectivity index (χ0n) is 18.8. The van der Waals surface area contributed by atoms with Crippen LogP contribution in [0.2, 0.25) is 0 Å². The van der Waals surface area contributed by atoms with Crippen LogP contribution in [0.15, 0.2) is 91.0 Å². The van der Waals surface area contributed by atoms with E-state index >= 15 is 0 Å². The minimum Gasteiger partial charge on any atom is -0.338 e. The highest BCUT2D eigenvalue weighted by Gasteiger charge is 2.07. The third-order valence-corrected chi connectivity index (χ3v) is 6.08. The van der Waals surface area contributed by atoms with Gasteiger partial charge in [0.2, 0.25) is 0 Å². The van der Waals surface area contributed by atoms with Crippen LogP contribution in [0.5, 0.6) is 0 Å². The van der Waals surface area contributed by atoms with Crippen molar-refractivity contribution in [3.8, 4) is 22.5 Å². The maximum Gasteiger partial charge on any atom is 0.138 e. The Kier molecular flexibility index (Phi) is 6.03. The van der Waals surface area contributed by atoms with E-state index in [4.69, 9.17) is 10.7 Å². The standard InChI is InChI=1S/C29H28N4/c1-20-3-2-4-27-28(20)33-29(32-27)26-15-13-25(14-16-26)24-11-9-23(10-12-24)19-31-18-22-7-5-21(17-30)6-8-22/h2-16,31H,17-19,30H2,1H3,(H,32,33). The Morgan fingerprint density at radius 3 is 1.85 bits per heavy atom. The lowest BCUT2D eigenvalue weighted by Crippen LogP contribution is -2.12. The van der Waals surface area contributed by atoms with Gasteiger partial charge in [-0.15, -0.1) is 0 Å². The van der Waals surface area contributed by atoms with E-state index in [0.717, 1.165) is 41.1 Å². The zero-order valence-corrected chi connectivity index (χ0v) is 18.8. The minimum absolute atomic E-state index is 0.586. The predicted octanol–water partition coefficient (Wildman–Crippen LogP) is 5.95. The van der Waals surface area contributed by atoms with Gasteiger partial charge >= 0.3 is 0 Å². The van der Waals surface area contributed by atoms with Gasteiger partial charge in [-0.05, 0) is 46.4 Å². The first kappa shape index (κ1) is 21.1. The molecule has 33 heavy (non-hydrogen) atoms. The minimum atomic E-state index is 0.586. The number of para-hydroxylation sites is 1. The lowest BCUT2D eigenvalue weighted by atomic mass is 10.0. The molecule has 0 atom stereocenters. The highest BCUT2D eigenvalue weighted by atomic mass is 14.9. The lowest BCUT2D eigenvalue weighted by Gasteiger charge is -2.08. The summed E-state index contributed by atoms with van der Waals surface area (Å²) in [6, 6.07) is 32.0. The fourth-order valence-corrected chi connectivity index (χ4v) is 4.09. The maximum atomic E-state index is 5.66. The highest BCUT2D eigenvalue weighted by Crippen LogP contribution is 2.26. The number of aryl methyl sites for hydroxylation is 1. The van der Waals surface area contributed by atoms with Crippen molar-refractivity contribution in [3.05, 3.63) is 113 Å². The van der Waals surface area contributed by atoms with Crippen molar-refractivity contribution in [2.45, 2.75) is 26.6 Å². The van der Waals surface area contributed by atoms with E-state index in [1.54, 1.807) is 0 Å². The Hall–Kier alpha value is -3.73. The molecule has 0 radical (unpaired) electrons. The van der Waals surface area contributed by atoms with Crippen LogP contribution in [-0.4, -0.2) is 9.97 Å². The second-order valence-corrected chi connectivity index (χ2v) is 8.45. The molecular weight excluding hydrogens is 404 g/mol. The fourth-order valence-electron chi connectivity index (χ4n) is 4.09. The van der Waals surface area contributed by atoms with Gasteiger partial charge in [-0.2, -0.15) is 0 Å². The second kappa shape index (κ2) is 9.41. The number of nitrogens with two attached hydrogens (primary N) is 1. The third kappa shape index (κ3) is 4.72. The highest BCUT2D eigenvalue weighted by molar-refractivity contribution is 5.82. The molecule has 0 aliphatic rings. The number of nitrogens with zero attached hydrogens (tertiary/aromatic N) is 1. The number of H-pyrrole nitrogens is 1. The number of nitrogens with one attached hydrogen (secondary N) is 2. The van der Waals surface area contributed by atoms with Gasteiger partial charge in [0, 0.05) is 25.2 Å². The molecule has 4 nitrogen and oxygen atoms in total. The number of aromatic amines is 1. The van der Waals surface area contributed by atoms with Gasteiger partial charge in [0.15, 0.2) is 0 Å². The molecular formula is C29H28N4. The summed E-state index contributed by atoms with van der Waals surface area (Å²) < 4.78 is 0. The molecule has 0 saturated heterocycles. The molecule has 4 aromatic carbocycles. The smallest absolute Gasteiger partial charge is 0.138 e. The summed E-state index contributed by atoms with van der Waals surface area (Å²) in [6.45, 7) is 4.36. The van der Waals surface area contributed by atoms with Crippen LogP contribution in [0.4, 0.5) is 0 Å². The average molecular weight is 433 g/mol. The zero-order chi connectivity index (χ0) is 22.6. The summed E-state index contributed by atoms with van der Waals surface area (Å²) in [5, 5.41) is 3.51. The summed E-state index contributed by atoms with van der Waals surface area (Å²) >= 11 is 0. The summed E-state index contributed by atoms with van der Waals surface area (Å²) in [5.74, 6) is 0.907. The molecule has 1 heterocycles. The Labute approximate surface area is 194 Å². The quantitative estimate of drug-likeness (QED) is 0.297. The monoisotopic (exact) mass is 432 g/mol. The number of imidazole rings is 1. The van der Waals surface area contributed by atoms with E-state index in [2.05, 4.69) is 108 Å². The van der Waals surface area contributed by atoms with Crippen molar-refractivity contribution >= 4 is 11.0 Å². The van der Waals surface area contributed by atoms with E-state index in [9.17, 15) is 0 Å². The Morgan fingerprint density at radius 1 is 0.697 bits per heavy atom. The molecule has 0 aliphatic carbocycles. The first-order valence-electron chi connectivity index (χ1n) is 11.3. The van der Waals surface area contributed by atoms with Gasteiger partial charge in [0.25, 0.3) is 0 Å². The van der Waals surface area contributed by atoms with Gasteiger partial charge in [0.05, 0.1) is 11.0 Å². The normalized spacial score (nSPS) is 11.2. The predicted molar refractivity (Wildman–Crippen MR) is 137 cm³/mol.